The number of carbonyl (C=O) groups is 3. The van der Waals surface area contributed by atoms with Crippen LogP contribution in [-0.2, 0) is 14.4 Å². The van der Waals surface area contributed by atoms with Crippen LogP contribution in [-0.4, -0.2) is 51.4 Å². The van der Waals surface area contributed by atoms with Crippen molar-refractivity contribution in [3.8, 4) is 0 Å². The normalized spacial score (nSPS) is 27.6. The van der Waals surface area contributed by atoms with Gasteiger partial charge in [0.1, 0.15) is 0 Å². The predicted octanol–water partition coefficient (Wildman–Crippen LogP) is 6.12. The summed E-state index contributed by atoms with van der Waals surface area (Å²) in [4.78, 5) is 30.3. The second kappa shape index (κ2) is 21.9. The molecule has 0 bridgehead atoms. The summed E-state index contributed by atoms with van der Waals surface area (Å²) in [5, 5.41) is 24.7. The Hall–Kier alpha value is -1.71. The van der Waals surface area contributed by atoms with E-state index in [-0.39, 0.29) is 0 Å². The molecule has 0 amide bonds. The molecule has 9 nitrogen and oxygen atoms in total. The summed E-state index contributed by atoms with van der Waals surface area (Å²) in [6.07, 6.45) is 14.3. The van der Waals surface area contributed by atoms with Crippen molar-refractivity contribution in [2.75, 3.05) is 0 Å². The van der Waals surface area contributed by atoms with Crippen molar-refractivity contribution < 1.29 is 29.7 Å². The standard InChI is InChI=1S/3C9H19N.C6H8O6/c3*1-7(2)8-3-5-9(10)6-4-8;7-4(8)1-3(6(11)12)2-5(9)10/h3*7-9H,3-6,10H2,1-2H3;3H,1-2H2,(H,7,8)(H,9,10)(H,11,12). The highest BCUT2D eigenvalue weighted by Crippen LogP contribution is 2.30. The molecule has 3 saturated carbocycles. The maximum absolute atomic E-state index is 10.2. The smallest absolute Gasteiger partial charge is 0.307 e. The molecule has 9 heteroatoms. The summed E-state index contributed by atoms with van der Waals surface area (Å²) >= 11 is 0. The Morgan fingerprint density at radius 1 is 0.500 bits per heavy atom. The van der Waals surface area contributed by atoms with Crippen LogP contribution in [0.3, 0.4) is 0 Å². The van der Waals surface area contributed by atoms with Crippen LogP contribution < -0.4 is 17.2 Å². The van der Waals surface area contributed by atoms with Gasteiger partial charge in [0.15, 0.2) is 0 Å². The van der Waals surface area contributed by atoms with E-state index in [4.69, 9.17) is 32.5 Å². The van der Waals surface area contributed by atoms with Gasteiger partial charge in [-0.3, -0.25) is 14.4 Å². The van der Waals surface area contributed by atoms with Crippen LogP contribution in [0.2, 0.25) is 0 Å². The number of nitrogens with two attached hydrogens (primary N) is 3. The summed E-state index contributed by atoms with van der Waals surface area (Å²) in [5.74, 6) is 0.0963. The maximum Gasteiger partial charge on any atom is 0.307 e. The summed E-state index contributed by atoms with van der Waals surface area (Å²) in [6.45, 7) is 13.9. The van der Waals surface area contributed by atoms with E-state index in [1.54, 1.807) is 0 Å². The van der Waals surface area contributed by atoms with E-state index in [1.165, 1.54) is 77.0 Å². The third-order valence-electron chi connectivity index (χ3n) is 9.47. The third kappa shape index (κ3) is 19.5. The van der Waals surface area contributed by atoms with E-state index >= 15 is 0 Å². The number of aliphatic carboxylic acids is 3. The van der Waals surface area contributed by atoms with Gasteiger partial charge in [0.25, 0.3) is 0 Å². The molecule has 0 aromatic carbocycles. The molecule has 0 aromatic heterocycles. The quantitative estimate of drug-likeness (QED) is 0.191. The lowest BCUT2D eigenvalue weighted by molar-refractivity contribution is -0.152. The lowest BCUT2D eigenvalue weighted by Gasteiger charge is -2.28. The number of hydrogen-bond donors (Lipinski definition) is 6. The van der Waals surface area contributed by atoms with E-state index in [0.29, 0.717) is 18.1 Å². The Kier molecular flexibility index (Phi) is 21.0. The molecule has 248 valence electrons. The van der Waals surface area contributed by atoms with E-state index in [0.717, 1.165) is 35.5 Å². The van der Waals surface area contributed by atoms with Gasteiger partial charge in [-0.2, -0.15) is 0 Å². The summed E-state index contributed by atoms with van der Waals surface area (Å²) in [5.41, 5.74) is 17.4. The van der Waals surface area contributed by atoms with Gasteiger partial charge in [-0.1, -0.05) is 41.5 Å². The minimum Gasteiger partial charge on any atom is -0.481 e. The van der Waals surface area contributed by atoms with Gasteiger partial charge >= 0.3 is 17.9 Å². The van der Waals surface area contributed by atoms with Crippen LogP contribution in [0.25, 0.3) is 0 Å². The highest BCUT2D eigenvalue weighted by Gasteiger charge is 2.24. The Morgan fingerprint density at radius 3 is 0.857 bits per heavy atom. The summed E-state index contributed by atoms with van der Waals surface area (Å²) in [7, 11) is 0. The van der Waals surface area contributed by atoms with Gasteiger partial charge in [0, 0.05) is 18.1 Å². The summed E-state index contributed by atoms with van der Waals surface area (Å²) in [6, 6.07) is 1.53. The van der Waals surface area contributed by atoms with Crippen molar-refractivity contribution in [2.24, 2.45) is 58.6 Å². The summed E-state index contributed by atoms with van der Waals surface area (Å²) < 4.78 is 0. The van der Waals surface area contributed by atoms with Crippen LogP contribution >= 0.6 is 0 Å². The minimum absolute atomic E-state index is 0.509. The topological polar surface area (TPSA) is 190 Å². The maximum atomic E-state index is 10.2. The van der Waals surface area contributed by atoms with Gasteiger partial charge in [-0.25, -0.2) is 0 Å². The molecule has 9 N–H and O–H groups in total. The third-order valence-corrected chi connectivity index (χ3v) is 9.47. The van der Waals surface area contributed by atoms with E-state index < -0.39 is 36.7 Å². The van der Waals surface area contributed by atoms with Crippen molar-refractivity contribution in [3.63, 3.8) is 0 Å². The van der Waals surface area contributed by atoms with Crippen molar-refractivity contribution in [2.45, 2.75) is 150 Å². The van der Waals surface area contributed by atoms with E-state index in [9.17, 15) is 14.4 Å². The average molecular weight is 600 g/mol. The fourth-order valence-corrected chi connectivity index (χ4v) is 6.10. The molecule has 0 saturated heterocycles. The Labute approximate surface area is 255 Å². The van der Waals surface area contributed by atoms with Crippen molar-refractivity contribution in [1.29, 1.82) is 0 Å². The van der Waals surface area contributed by atoms with Crippen LogP contribution in [0.5, 0.6) is 0 Å². The van der Waals surface area contributed by atoms with Crippen molar-refractivity contribution in [3.05, 3.63) is 0 Å². The van der Waals surface area contributed by atoms with Crippen LogP contribution in [0, 0.1) is 41.4 Å². The molecule has 3 fully saturated rings. The molecular formula is C33H65N3O6. The zero-order valence-electron chi connectivity index (χ0n) is 27.5. The van der Waals surface area contributed by atoms with Gasteiger partial charge in [0.05, 0.1) is 18.8 Å². The Balaban J connectivity index is 0.000000535. The molecule has 0 aliphatic heterocycles. The number of carboxylic acid groups (broad SMARTS) is 3. The molecule has 3 aliphatic carbocycles. The first-order valence-electron chi connectivity index (χ1n) is 16.5. The first kappa shape index (κ1) is 40.3. The van der Waals surface area contributed by atoms with Crippen molar-refractivity contribution >= 4 is 17.9 Å². The average Bonchev–Trinajstić information content (AvgIpc) is 2.89. The number of rotatable bonds is 8. The largest absolute Gasteiger partial charge is 0.481 e. The van der Waals surface area contributed by atoms with Crippen LogP contribution in [0.4, 0.5) is 0 Å². The van der Waals surface area contributed by atoms with Gasteiger partial charge in [0.2, 0.25) is 0 Å². The van der Waals surface area contributed by atoms with E-state index in [2.05, 4.69) is 41.5 Å². The molecular weight excluding hydrogens is 534 g/mol. The van der Waals surface area contributed by atoms with Gasteiger partial charge in [-0.15, -0.1) is 0 Å². The fourth-order valence-electron chi connectivity index (χ4n) is 6.10. The number of hydrogen-bond acceptors (Lipinski definition) is 6. The molecule has 3 aliphatic rings. The number of carboxylic acids is 3. The first-order valence-corrected chi connectivity index (χ1v) is 16.5. The SMILES string of the molecule is CC(C)C1CCC(N)CC1.CC(C)C1CCC(N)CC1.CC(C)C1CCC(N)CC1.O=C(O)CC(CC(=O)O)C(=O)O. The van der Waals surface area contributed by atoms with Crippen LogP contribution in [0.15, 0.2) is 0 Å². The fraction of sp³-hybridized carbons (Fsp3) is 0.909. The molecule has 0 aromatic rings. The highest BCUT2D eigenvalue weighted by atomic mass is 16.4. The molecule has 0 unspecified atom stereocenters. The van der Waals surface area contributed by atoms with Gasteiger partial charge < -0.3 is 32.5 Å². The first-order chi connectivity index (χ1) is 19.5. The second-order valence-corrected chi connectivity index (χ2v) is 14.0. The molecule has 0 atom stereocenters. The molecule has 3 rings (SSSR count). The molecule has 0 heterocycles. The van der Waals surface area contributed by atoms with Gasteiger partial charge in [-0.05, 0) is 113 Å². The monoisotopic (exact) mass is 599 g/mol. The highest BCUT2D eigenvalue weighted by molar-refractivity contribution is 5.82. The Morgan fingerprint density at radius 2 is 0.714 bits per heavy atom. The lowest BCUT2D eigenvalue weighted by atomic mass is 9.80. The zero-order valence-corrected chi connectivity index (χ0v) is 27.5. The minimum atomic E-state index is -1.40. The van der Waals surface area contributed by atoms with E-state index in [1.807, 2.05) is 0 Å². The molecule has 42 heavy (non-hydrogen) atoms. The molecule has 0 radical (unpaired) electrons. The zero-order chi connectivity index (χ0) is 32.4. The lowest BCUT2D eigenvalue weighted by Crippen LogP contribution is -2.28. The van der Waals surface area contributed by atoms with Crippen LogP contribution in [0.1, 0.15) is 131 Å². The Bertz CT molecular complexity index is 658. The molecule has 0 spiro atoms. The predicted molar refractivity (Wildman–Crippen MR) is 170 cm³/mol. The second-order valence-electron chi connectivity index (χ2n) is 14.0. The van der Waals surface area contributed by atoms with Crippen molar-refractivity contribution in [1.82, 2.24) is 0 Å².